The van der Waals surface area contributed by atoms with Gasteiger partial charge in [-0.15, -0.1) is 0 Å². The van der Waals surface area contributed by atoms with Gasteiger partial charge in [0.15, 0.2) is 0 Å². The highest BCUT2D eigenvalue weighted by molar-refractivity contribution is 5.87. The van der Waals surface area contributed by atoms with Gasteiger partial charge in [-0.25, -0.2) is 4.79 Å². The molecule has 32 heavy (non-hydrogen) atoms. The Balaban J connectivity index is 0. The predicted octanol–water partition coefficient (Wildman–Crippen LogP) is 8.06. The van der Waals surface area contributed by atoms with E-state index in [0.29, 0.717) is 12.2 Å². The van der Waals surface area contributed by atoms with Crippen LogP contribution in [0.1, 0.15) is 130 Å². The van der Waals surface area contributed by atoms with Gasteiger partial charge in [-0.05, 0) is 33.3 Å². The zero-order valence-electron chi connectivity index (χ0n) is 21.8. The van der Waals surface area contributed by atoms with Crippen LogP contribution < -0.4 is 5.32 Å². The quantitative estimate of drug-likeness (QED) is 0.116. The maximum absolute atomic E-state index is 11.2. The van der Waals surface area contributed by atoms with E-state index in [4.69, 9.17) is 4.74 Å². The maximum Gasteiger partial charge on any atom is 0.333 e. The smallest absolute Gasteiger partial charge is 0.333 e. The predicted molar refractivity (Wildman–Crippen MR) is 139 cm³/mol. The van der Waals surface area contributed by atoms with Gasteiger partial charge in [0.25, 0.3) is 0 Å². The first-order chi connectivity index (χ1) is 15.3. The zero-order chi connectivity index (χ0) is 24.5. The topological polar surface area (TPSA) is 55.4 Å². The van der Waals surface area contributed by atoms with Crippen LogP contribution in [0.3, 0.4) is 0 Å². The first kappa shape index (κ1) is 32.6. The molecule has 4 nitrogen and oxygen atoms in total. The molecule has 1 amide bonds. The average molecular weight is 452 g/mol. The molecule has 0 fully saturated rings. The Bertz CT molecular complexity index is 471. The molecule has 0 spiro atoms. The molecule has 0 aromatic carbocycles. The normalized spacial score (nSPS) is 10.3. The summed E-state index contributed by atoms with van der Waals surface area (Å²) >= 11 is 0. The molecule has 0 aliphatic carbocycles. The number of rotatable bonds is 20. The summed E-state index contributed by atoms with van der Waals surface area (Å²) in [5.41, 5.74) is 0.492. The first-order valence-corrected chi connectivity index (χ1v) is 13.1. The highest BCUT2D eigenvalue weighted by Gasteiger charge is 2.01. The summed E-state index contributed by atoms with van der Waals surface area (Å²) in [6, 6.07) is 0.209. The van der Waals surface area contributed by atoms with Crippen LogP contribution >= 0.6 is 0 Å². The number of carbonyl (C=O) groups is 2. The van der Waals surface area contributed by atoms with Crippen molar-refractivity contribution in [3.05, 3.63) is 24.8 Å². The maximum atomic E-state index is 11.2. The number of hydrogen-bond donors (Lipinski definition) is 1. The van der Waals surface area contributed by atoms with E-state index in [9.17, 15) is 9.59 Å². The minimum atomic E-state index is -0.254. The Morgan fingerprint density at radius 1 is 0.781 bits per heavy atom. The van der Waals surface area contributed by atoms with E-state index < -0.39 is 0 Å². The zero-order valence-corrected chi connectivity index (χ0v) is 21.8. The van der Waals surface area contributed by atoms with Crippen molar-refractivity contribution in [3.8, 4) is 0 Å². The number of amides is 1. The van der Waals surface area contributed by atoms with Crippen LogP contribution in [0.15, 0.2) is 24.8 Å². The van der Waals surface area contributed by atoms with Gasteiger partial charge in [0.05, 0.1) is 6.61 Å². The van der Waals surface area contributed by atoms with Crippen molar-refractivity contribution in [3.63, 3.8) is 0 Å². The third-order valence-corrected chi connectivity index (χ3v) is 5.20. The molecule has 0 aromatic heterocycles. The second-order valence-electron chi connectivity index (χ2n) is 9.09. The Morgan fingerprint density at radius 3 is 1.44 bits per heavy atom. The second kappa shape index (κ2) is 25.7. The highest BCUT2D eigenvalue weighted by Crippen LogP contribution is 2.13. The van der Waals surface area contributed by atoms with Crippen molar-refractivity contribution in [2.24, 2.45) is 0 Å². The van der Waals surface area contributed by atoms with Crippen molar-refractivity contribution in [1.29, 1.82) is 0 Å². The first-order valence-electron chi connectivity index (χ1n) is 13.1. The second-order valence-corrected chi connectivity index (χ2v) is 9.09. The number of esters is 1. The van der Waals surface area contributed by atoms with Crippen molar-refractivity contribution in [2.75, 3.05) is 6.61 Å². The van der Waals surface area contributed by atoms with E-state index in [1.165, 1.54) is 102 Å². The molecule has 0 aromatic rings. The standard InChI is InChI=1S/C22H42O2.C6H11NO/c1-4-5-6-7-8-9-10-11-12-13-14-15-16-17-18-19-20-24-22(23)21(2)3;1-4-6(8)7-5(2)3/h2,4-20H2,1,3H3;4-5H,1H2,2-3H3,(H,7,8). The lowest BCUT2D eigenvalue weighted by Gasteiger charge is -2.05. The van der Waals surface area contributed by atoms with E-state index in [1.54, 1.807) is 6.92 Å². The number of ether oxygens (including phenoxy) is 1. The van der Waals surface area contributed by atoms with Gasteiger partial charge in [-0.3, -0.25) is 4.79 Å². The molecular weight excluding hydrogens is 398 g/mol. The fourth-order valence-electron chi connectivity index (χ4n) is 3.28. The van der Waals surface area contributed by atoms with E-state index in [2.05, 4.69) is 25.4 Å². The molecule has 1 N–H and O–H groups in total. The third kappa shape index (κ3) is 28.4. The molecule has 0 radical (unpaired) electrons. The summed E-state index contributed by atoms with van der Waals surface area (Å²) < 4.78 is 5.08. The molecule has 0 aliphatic rings. The fourth-order valence-corrected chi connectivity index (χ4v) is 3.28. The summed E-state index contributed by atoms with van der Waals surface area (Å²) in [6.45, 7) is 15.2. The van der Waals surface area contributed by atoms with Crippen molar-refractivity contribution >= 4 is 11.9 Å². The highest BCUT2D eigenvalue weighted by atomic mass is 16.5. The Morgan fingerprint density at radius 2 is 1.16 bits per heavy atom. The van der Waals surface area contributed by atoms with Crippen LogP contribution in [0.2, 0.25) is 0 Å². The molecule has 0 rings (SSSR count). The summed E-state index contributed by atoms with van der Waals surface area (Å²) in [7, 11) is 0. The van der Waals surface area contributed by atoms with Crippen LogP contribution in [0.5, 0.6) is 0 Å². The van der Waals surface area contributed by atoms with E-state index in [-0.39, 0.29) is 17.9 Å². The van der Waals surface area contributed by atoms with Gasteiger partial charge >= 0.3 is 5.97 Å². The van der Waals surface area contributed by atoms with Crippen LogP contribution in [-0.2, 0) is 14.3 Å². The van der Waals surface area contributed by atoms with E-state index in [0.717, 1.165) is 6.42 Å². The van der Waals surface area contributed by atoms with Crippen molar-refractivity contribution in [1.82, 2.24) is 5.32 Å². The van der Waals surface area contributed by atoms with Gasteiger partial charge in [0.2, 0.25) is 5.91 Å². The van der Waals surface area contributed by atoms with Gasteiger partial charge in [0.1, 0.15) is 0 Å². The molecule has 0 saturated carbocycles. The van der Waals surface area contributed by atoms with Gasteiger partial charge in [-0.2, -0.15) is 0 Å². The largest absolute Gasteiger partial charge is 0.462 e. The van der Waals surface area contributed by atoms with Crippen LogP contribution in [0.4, 0.5) is 0 Å². The molecule has 4 heteroatoms. The average Bonchev–Trinajstić information content (AvgIpc) is 2.75. The summed E-state index contributed by atoms with van der Waals surface area (Å²) in [4.78, 5) is 21.6. The van der Waals surface area contributed by atoms with Crippen LogP contribution in [0, 0.1) is 0 Å². The summed E-state index contributed by atoms with van der Waals surface area (Å²) in [5.74, 6) is -0.365. The lowest BCUT2D eigenvalue weighted by atomic mass is 10.0. The monoisotopic (exact) mass is 451 g/mol. The molecule has 188 valence electrons. The Hall–Kier alpha value is -1.58. The van der Waals surface area contributed by atoms with Crippen LogP contribution in [-0.4, -0.2) is 24.5 Å². The molecule has 0 aliphatic heterocycles. The molecular formula is C28H53NO3. The SMILES string of the molecule is C=C(C)C(=O)OCCCCCCCCCCCCCCCCCC.C=CC(=O)NC(C)C. The molecule has 0 atom stereocenters. The number of nitrogens with one attached hydrogen (secondary N) is 1. The lowest BCUT2D eigenvalue weighted by Crippen LogP contribution is -2.27. The third-order valence-electron chi connectivity index (χ3n) is 5.20. The number of hydrogen-bond acceptors (Lipinski definition) is 3. The minimum Gasteiger partial charge on any atom is -0.462 e. The number of carbonyl (C=O) groups excluding carboxylic acids is 2. The van der Waals surface area contributed by atoms with Crippen molar-refractivity contribution in [2.45, 2.75) is 136 Å². The summed E-state index contributed by atoms with van der Waals surface area (Å²) in [5, 5.41) is 2.64. The minimum absolute atomic E-state index is 0.111. The molecule has 0 saturated heterocycles. The lowest BCUT2D eigenvalue weighted by molar-refractivity contribution is -0.139. The fraction of sp³-hybridized carbons (Fsp3) is 0.786. The van der Waals surface area contributed by atoms with Gasteiger partial charge in [-0.1, -0.05) is 116 Å². The van der Waals surface area contributed by atoms with Crippen LogP contribution in [0.25, 0.3) is 0 Å². The molecule has 0 bridgehead atoms. The Kier molecular flexibility index (Phi) is 26.2. The molecule has 0 heterocycles. The molecule has 0 unspecified atom stereocenters. The summed E-state index contributed by atoms with van der Waals surface area (Å²) in [6.07, 6.45) is 23.0. The van der Waals surface area contributed by atoms with Crippen molar-refractivity contribution < 1.29 is 14.3 Å². The number of unbranched alkanes of at least 4 members (excludes halogenated alkanes) is 15. The van der Waals surface area contributed by atoms with E-state index >= 15 is 0 Å². The van der Waals surface area contributed by atoms with Gasteiger partial charge in [0, 0.05) is 11.6 Å². The Labute approximate surface area is 199 Å². The van der Waals surface area contributed by atoms with Gasteiger partial charge < -0.3 is 10.1 Å². The van der Waals surface area contributed by atoms with E-state index in [1.807, 2.05) is 13.8 Å².